The Balaban J connectivity index is 2.00. The van der Waals surface area contributed by atoms with Crippen LogP contribution in [0.1, 0.15) is 0 Å². The molecule has 2 rings (SSSR count). The smallest absolute Gasteiger partial charge is 0.445 e. The minimum absolute atomic E-state index is 0.881. The maximum Gasteiger partial charge on any atom is 0.445 e. The Labute approximate surface area is 118 Å². The molecule has 0 radical (unpaired) electrons. The molecule has 18 heavy (non-hydrogen) atoms. The van der Waals surface area contributed by atoms with E-state index in [1.807, 2.05) is 60.7 Å². The van der Waals surface area contributed by atoms with Crippen molar-refractivity contribution >= 4 is 25.2 Å². The Morgan fingerprint density at radius 1 is 0.778 bits per heavy atom. The molecule has 0 aromatic heterocycles. The van der Waals surface area contributed by atoms with Gasteiger partial charge in [0.1, 0.15) is 11.5 Å². The van der Waals surface area contributed by atoms with Crippen molar-refractivity contribution in [3.8, 4) is 11.5 Å². The van der Waals surface area contributed by atoms with Crippen LogP contribution >= 0.6 is 15.9 Å². The zero-order chi connectivity index (χ0) is 12.6. The van der Waals surface area contributed by atoms with Crippen LogP contribution in [0.25, 0.3) is 0 Å². The van der Waals surface area contributed by atoms with Gasteiger partial charge in [0.25, 0.3) is 0 Å². The molecule has 0 N–H and O–H groups in total. The van der Waals surface area contributed by atoms with Gasteiger partial charge in [0.05, 0.1) is 0 Å². The molecule has 2 aromatic rings. The standard InChI is InChI=1S/C14H15BrO2Si/c15-11-12-18(16-13-7-3-1-4-8-13)17-14-9-5-2-6-10-14/h1-10,18H,11-12H2. The molecule has 0 spiro atoms. The first-order chi connectivity index (χ1) is 8.88. The van der Waals surface area contributed by atoms with Crippen molar-refractivity contribution in [1.29, 1.82) is 0 Å². The van der Waals surface area contributed by atoms with Crippen LogP contribution < -0.4 is 8.85 Å². The number of rotatable bonds is 6. The van der Waals surface area contributed by atoms with Crippen molar-refractivity contribution in [2.24, 2.45) is 0 Å². The van der Waals surface area contributed by atoms with E-state index >= 15 is 0 Å². The highest BCUT2D eigenvalue weighted by Crippen LogP contribution is 2.16. The maximum absolute atomic E-state index is 5.95. The van der Waals surface area contributed by atoms with Crippen LogP contribution in [-0.4, -0.2) is 14.6 Å². The van der Waals surface area contributed by atoms with Crippen molar-refractivity contribution in [2.45, 2.75) is 6.04 Å². The molecular formula is C14H15BrO2Si. The highest BCUT2D eigenvalue weighted by atomic mass is 79.9. The van der Waals surface area contributed by atoms with Crippen LogP contribution in [0.15, 0.2) is 60.7 Å². The predicted molar refractivity (Wildman–Crippen MR) is 79.9 cm³/mol. The molecule has 2 nitrogen and oxygen atoms in total. The van der Waals surface area contributed by atoms with Gasteiger partial charge in [-0.15, -0.1) is 0 Å². The van der Waals surface area contributed by atoms with E-state index in [1.54, 1.807) is 0 Å². The fraction of sp³-hybridized carbons (Fsp3) is 0.143. The first-order valence-corrected chi connectivity index (χ1v) is 8.76. The molecule has 0 unspecified atom stereocenters. The molecule has 4 heteroatoms. The highest BCUT2D eigenvalue weighted by molar-refractivity contribution is 9.09. The molecule has 94 valence electrons. The van der Waals surface area contributed by atoms with E-state index in [0.29, 0.717) is 0 Å². The van der Waals surface area contributed by atoms with Crippen LogP contribution in [0.2, 0.25) is 6.04 Å². The topological polar surface area (TPSA) is 18.5 Å². The fourth-order valence-electron chi connectivity index (χ4n) is 1.53. The van der Waals surface area contributed by atoms with E-state index in [4.69, 9.17) is 8.85 Å². The Hall–Kier alpha value is -1.26. The van der Waals surface area contributed by atoms with Crippen LogP contribution in [0, 0.1) is 0 Å². The van der Waals surface area contributed by atoms with Gasteiger partial charge >= 0.3 is 9.28 Å². The van der Waals surface area contributed by atoms with Crippen LogP contribution in [0.5, 0.6) is 11.5 Å². The third kappa shape index (κ3) is 4.20. The fourth-order valence-corrected chi connectivity index (χ4v) is 4.04. The summed E-state index contributed by atoms with van der Waals surface area (Å²) in [6, 6.07) is 20.6. The van der Waals surface area contributed by atoms with E-state index in [-0.39, 0.29) is 0 Å². The molecule has 0 aliphatic rings. The monoisotopic (exact) mass is 322 g/mol. The van der Waals surface area contributed by atoms with Crippen LogP contribution in [-0.2, 0) is 0 Å². The average molecular weight is 323 g/mol. The number of hydrogen-bond donors (Lipinski definition) is 0. The number of halogens is 1. The summed E-state index contributed by atoms with van der Waals surface area (Å²) >= 11 is 3.45. The second kappa shape index (κ2) is 7.23. The van der Waals surface area contributed by atoms with Crippen LogP contribution in [0.4, 0.5) is 0 Å². The minimum atomic E-state index is -1.73. The van der Waals surface area contributed by atoms with E-state index < -0.39 is 9.28 Å². The molecule has 0 atom stereocenters. The lowest BCUT2D eigenvalue weighted by atomic mass is 10.3. The summed E-state index contributed by atoms with van der Waals surface area (Å²) in [7, 11) is -1.73. The molecule has 0 heterocycles. The lowest BCUT2D eigenvalue weighted by Crippen LogP contribution is -2.30. The SMILES string of the molecule is BrCC[SiH](Oc1ccccc1)Oc1ccccc1. The summed E-state index contributed by atoms with van der Waals surface area (Å²) < 4.78 is 11.9. The molecule has 0 bridgehead atoms. The first-order valence-electron chi connectivity index (χ1n) is 5.88. The Morgan fingerprint density at radius 3 is 1.61 bits per heavy atom. The first kappa shape index (κ1) is 13.2. The van der Waals surface area contributed by atoms with Gasteiger partial charge in [-0.1, -0.05) is 52.3 Å². The lowest BCUT2D eigenvalue weighted by molar-refractivity contribution is 0.423. The van der Waals surface area contributed by atoms with Crippen LogP contribution in [0.3, 0.4) is 0 Å². The Kier molecular flexibility index (Phi) is 5.29. The number of benzene rings is 2. The largest absolute Gasteiger partial charge is 0.514 e. The van der Waals surface area contributed by atoms with E-state index in [9.17, 15) is 0 Å². The molecule has 0 aliphatic carbocycles. The average Bonchev–Trinajstić information content (AvgIpc) is 2.41. The summed E-state index contributed by atoms with van der Waals surface area (Å²) in [4.78, 5) is 0. The third-order valence-corrected chi connectivity index (χ3v) is 5.50. The molecule has 0 saturated heterocycles. The van der Waals surface area contributed by atoms with Crippen molar-refractivity contribution in [1.82, 2.24) is 0 Å². The number of para-hydroxylation sites is 2. The quantitative estimate of drug-likeness (QED) is 0.595. The number of alkyl halides is 1. The predicted octanol–water partition coefficient (Wildman–Crippen LogP) is 3.76. The molecule has 2 aromatic carbocycles. The third-order valence-electron chi connectivity index (χ3n) is 2.37. The summed E-state index contributed by atoms with van der Waals surface area (Å²) in [6.45, 7) is 0. The molecular weight excluding hydrogens is 308 g/mol. The highest BCUT2D eigenvalue weighted by Gasteiger charge is 2.16. The second-order valence-corrected chi connectivity index (χ2v) is 6.47. The van der Waals surface area contributed by atoms with Crippen molar-refractivity contribution in [2.75, 3.05) is 5.33 Å². The van der Waals surface area contributed by atoms with Gasteiger partial charge in [0.15, 0.2) is 0 Å². The Bertz CT molecular complexity index is 408. The van der Waals surface area contributed by atoms with Gasteiger partial charge in [-0.05, 0) is 24.3 Å². The van der Waals surface area contributed by atoms with Gasteiger partial charge in [-0.3, -0.25) is 0 Å². The van der Waals surface area contributed by atoms with Crippen molar-refractivity contribution in [3.05, 3.63) is 60.7 Å². The molecule has 0 amide bonds. The zero-order valence-corrected chi connectivity index (χ0v) is 12.7. The number of hydrogen-bond acceptors (Lipinski definition) is 2. The minimum Gasteiger partial charge on any atom is -0.514 e. The summed E-state index contributed by atoms with van der Waals surface area (Å²) in [5.41, 5.74) is 0. The lowest BCUT2D eigenvalue weighted by Gasteiger charge is -2.18. The zero-order valence-electron chi connectivity index (χ0n) is 9.96. The van der Waals surface area contributed by atoms with Gasteiger partial charge in [-0.25, -0.2) is 0 Å². The van der Waals surface area contributed by atoms with Gasteiger partial charge < -0.3 is 8.85 Å². The van der Waals surface area contributed by atoms with Crippen molar-refractivity contribution in [3.63, 3.8) is 0 Å². The molecule has 0 saturated carbocycles. The summed E-state index contributed by atoms with van der Waals surface area (Å²) in [6.07, 6.45) is 0. The summed E-state index contributed by atoms with van der Waals surface area (Å²) in [5, 5.41) is 0.892. The van der Waals surface area contributed by atoms with Gasteiger partial charge in [-0.2, -0.15) is 0 Å². The Morgan fingerprint density at radius 2 is 1.22 bits per heavy atom. The molecule has 0 fully saturated rings. The van der Waals surface area contributed by atoms with E-state index in [0.717, 1.165) is 22.9 Å². The van der Waals surface area contributed by atoms with Crippen molar-refractivity contribution < 1.29 is 8.85 Å². The van der Waals surface area contributed by atoms with Gasteiger partial charge in [0, 0.05) is 11.4 Å². The van der Waals surface area contributed by atoms with Gasteiger partial charge in [0.2, 0.25) is 0 Å². The second-order valence-electron chi connectivity index (χ2n) is 3.77. The molecule has 0 aliphatic heterocycles. The maximum atomic E-state index is 5.95. The van der Waals surface area contributed by atoms with E-state index in [1.165, 1.54) is 0 Å². The normalized spacial score (nSPS) is 10.3. The van der Waals surface area contributed by atoms with E-state index in [2.05, 4.69) is 15.9 Å². The summed E-state index contributed by atoms with van der Waals surface area (Å²) in [5.74, 6) is 1.76.